The van der Waals surface area contributed by atoms with E-state index in [1.165, 1.54) is 22.5 Å². The molecule has 2 nitrogen and oxygen atoms in total. The molecule has 4 aromatic rings. The van der Waals surface area contributed by atoms with Crippen molar-refractivity contribution in [3.05, 3.63) is 132 Å². The maximum Gasteiger partial charge on any atom is 0.0636 e. The van der Waals surface area contributed by atoms with E-state index in [0.29, 0.717) is 0 Å². The van der Waals surface area contributed by atoms with Crippen LogP contribution in [0.5, 0.6) is 0 Å². The van der Waals surface area contributed by atoms with Crippen molar-refractivity contribution in [1.82, 2.24) is 0 Å². The van der Waals surface area contributed by atoms with Crippen molar-refractivity contribution in [2.45, 2.75) is 33.4 Å². The molecule has 0 fully saturated rings. The number of hydrogen-bond acceptors (Lipinski definition) is 4. The van der Waals surface area contributed by atoms with Gasteiger partial charge in [0, 0.05) is 33.3 Å². The minimum atomic E-state index is 0. The molecule has 0 heterocycles. The number of benzene rings is 4. The number of nitrogens with zero attached hydrogens (tertiary/aromatic N) is 2. The summed E-state index contributed by atoms with van der Waals surface area (Å²) in [5.41, 5.74) is 4.99. The van der Waals surface area contributed by atoms with Crippen molar-refractivity contribution >= 4 is 33.3 Å². The summed E-state index contributed by atoms with van der Waals surface area (Å²) in [4.78, 5) is 0. The van der Waals surface area contributed by atoms with Crippen LogP contribution in [-0.2, 0) is 0 Å². The van der Waals surface area contributed by atoms with Crippen molar-refractivity contribution in [3.8, 4) is 0 Å². The lowest BCUT2D eigenvalue weighted by molar-refractivity contribution is 0.819. The van der Waals surface area contributed by atoms with Gasteiger partial charge in [-0.3, -0.25) is 8.61 Å². The Labute approximate surface area is 207 Å². The molecule has 33 heavy (non-hydrogen) atoms. The average molecular weight is 473 g/mol. The van der Waals surface area contributed by atoms with Crippen LogP contribution in [0.3, 0.4) is 0 Å². The zero-order valence-corrected chi connectivity index (χ0v) is 20.0. The first kappa shape index (κ1) is 24.8. The van der Waals surface area contributed by atoms with E-state index < -0.39 is 0 Å². The highest BCUT2D eigenvalue weighted by Gasteiger charge is 2.23. The zero-order chi connectivity index (χ0) is 22.2. The third kappa shape index (κ3) is 6.37. The normalized spacial score (nSPS) is 12.3. The van der Waals surface area contributed by atoms with Gasteiger partial charge in [0.15, 0.2) is 0 Å². The molecule has 0 spiro atoms. The Kier molecular flexibility index (Phi) is 9.35. The summed E-state index contributed by atoms with van der Waals surface area (Å²) in [6, 6.07) is 43.1. The molecule has 0 aliphatic heterocycles. The average Bonchev–Trinajstić information content (AvgIpc) is 2.88. The van der Waals surface area contributed by atoms with Crippen LogP contribution in [0.1, 0.15) is 44.5 Å². The van der Waals surface area contributed by atoms with Gasteiger partial charge in [-0.25, -0.2) is 0 Å². The predicted octanol–water partition coefficient (Wildman–Crippen LogP) is 9.37. The number of rotatable bonds is 9. The smallest absolute Gasteiger partial charge is 0.0636 e. The minimum Gasteiger partial charge on any atom is -0.299 e. The molecule has 0 amide bonds. The maximum absolute atomic E-state index is 2.40. The highest BCUT2D eigenvalue weighted by atomic mass is 33.1. The van der Waals surface area contributed by atoms with Crippen LogP contribution in [0.15, 0.2) is 121 Å². The molecular weight excluding hydrogens is 440 g/mol. The first-order valence-corrected chi connectivity index (χ1v) is 12.9. The van der Waals surface area contributed by atoms with Gasteiger partial charge in [-0.2, -0.15) is 0 Å². The quantitative estimate of drug-likeness (QED) is 0.177. The molecule has 0 saturated carbocycles. The van der Waals surface area contributed by atoms with E-state index >= 15 is 0 Å². The number of hydrogen-bond donors (Lipinski definition) is 0. The first-order chi connectivity index (χ1) is 15.7. The molecule has 0 aliphatic rings. The van der Waals surface area contributed by atoms with E-state index in [0.717, 1.165) is 0 Å². The Morgan fingerprint density at radius 1 is 0.455 bits per heavy atom. The van der Waals surface area contributed by atoms with Crippen LogP contribution in [0.2, 0.25) is 0 Å². The molecule has 2 atom stereocenters. The largest absolute Gasteiger partial charge is 0.299 e. The Morgan fingerprint density at radius 3 is 1.03 bits per heavy atom. The molecule has 0 N–H and O–H groups in total. The first-order valence-electron chi connectivity index (χ1n) is 10.9. The van der Waals surface area contributed by atoms with Crippen LogP contribution in [0.25, 0.3) is 0 Å². The molecule has 0 saturated heterocycles. The lowest BCUT2D eigenvalue weighted by Crippen LogP contribution is -2.22. The summed E-state index contributed by atoms with van der Waals surface area (Å²) >= 11 is 0. The highest BCUT2D eigenvalue weighted by Crippen LogP contribution is 2.45. The van der Waals surface area contributed by atoms with Gasteiger partial charge in [0.25, 0.3) is 0 Å². The second kappa shape index (κ2) is 12.4. The van der Waals surface area contributed by atoms with Gasteiger partial charge in [0.05, 0.1) is 12.1 Å². The van der Waals surface area contributed by atoms with Crippen LogP contribution in [0, 0.1) is 0 Å². The minimum absolute atomic E-state index is 0. The fourth-order valence-electron chi connectivity index (χ4n) is 3.62. The van der Waals surface area contributed by atoms with Crippen LogP contribution in [-0.4, -0.2) is 0 Å². The molecule has 0 aliphatic carbocycles. The van der Waals surface area contributed by atoms with Gasteiger partial charge in [-0.1, -0.05) is 104 Å². The van der Waals surface area contributed by atoms with Gasteiger partial charge >= 0.3 is 0 Å². The summed E-state index contributed by atoms with van der Waals surface area (Å²) in [5, 5.41) is 0. The standard InChI is InChI=1S/C28H28N2S2.CH4/c1-23(25-15-7-3-8-16-25)29(27-19-11-5-12-20-27)31-32-30(28-21-13-6-14-22-28)24(2)26-17-9-4-10-18-26;/h3-24H,1-2H3;1H4/t23-,24-;/m0./s1. The molecule has 0 bridgehead atoms. The Hall–Kier alpha value is -2.82. The molecular formula is C29H32N2S2. The van der Waals surface area contributed by atoms with E-state index in [2.05, 4.69) is 144 Å². The summed E-state index contributed by atoms with van der Waals surface area (Å²) in [5.74, 6) is 0. The fourth-order valence-corrected chi connectivity index (χ4v) is 6.40. The fraction of sp³-hybridized carbons (Fsp3) is 0.172. The molecule has 4 rings (SSSR count). The van der Waals surface area contributed by atoms with Gasteiger partial charge in [0.2, 0.25) is 0 Å². The molecule has 0 unspecified atom stereocenters. The lowest BCUT2D eigenvalue weighted by Gasteiger charge is -2.34. The van der Waals surface area contributed by atoms with Crippen molar-refractivity contribution in [1.29, 1.82) is 0 Å². The lowest BCUT2D eigenvalue weighted by atomic mass is 10.1. The van der Waals surface area contributed by atoms with E-state index in [-0.39, 0.29) is 19.5 Å². The second-order valence-corrected chi connectivity index (χ2v) is 9.62. The second-order valence-electron chi connectivity index (χ2n) is 7.65. The van der Waals surface area contributed by atoms with Crippen molar-refractivity contribution in [2.75, 3.05) is 8.61 Å². The topological polar surface area (TPSA) is 6.48 Å². The van der Waals surface area contributed by atoms with Crippen LogP contribution >= 0.6 is 22.0 Å². The van der Waals surface area contributed by atoms with Gasteiger partial charge < -0.3 is 0 Å². The summed E-state index contributed by atoms with van der Waals surface area (Å²) < 4.78 is 4.79. The van der Waals surface area contributed by atoms with Crippen molar-refractivity contribution < 1.29 is 0 Å². The Morgan fingerprint density at radius 2 is 0.727 bits per heavy atom. The van der Waals surface area contributed by atoms with E-state index in [9.17, 15) is 0 Å². The van der Waals surface area contributed by atoms with Crippen molar-refractivity contribution in [2.24, 2.45) is 0 Å². The number of para-hydroxylation sites is 2. The highest BCUT2D eigenvalue weighted by molar-refractivity contribution is 8.77. The summed E-state index contributed by atoms with van der Waals surface area (Å²) in [7, 11) is 3.56. The summed E-state index contributed by atoms with van der Waals surface area (Å²) in [6.45, 7) is 4.53. The summed E-state index contributed by atoms with van der Waals surface area (Å²) in [6.07, 6.45) is 0. The third-order valence-electron chi connectivity index (χ3n) is 5.48. The Bertz CT molecular complexity index is 971. The monoisotopic (exact) mass is 472 g/mol. The molecule has 170 valence electrons. The van der Waals surface area contributed by atoms with Crippen LogP contribution < -0.4 is 8.61 Å². The van der Waals surface area contributed by atoms with Gasteiger partial charge in [0.1, 0.15) is 0 Å². The Balaban J connectivity index is 0.00000306. The molecule has 0 aromatic heterocycles. The SMILES string of the molecule is C.C[C@@H](c1ccccc1)N(SSN(c1ccccc1)[C@@H](C)c1ccccc1)c1ccccc1. The van der Waals surface area contributed by atoms with E-state index in [1.54, 1.807) is 22.0 Å². The molecule has 4 heteroatoms. The maximum atomic E-state index is 2.40. The molecule has 4 aromatic carbocycles. The van der Waals surface area contributed by atoms with Gasteiger partial charge in [-0.05, 0) is 49.2 Å². The van der Waals surface area contributed by atoms with Gasteiger partial charge in [-0.15, -0.1) is 0 Å². The zero-order valence-electron chi connectivity index (χ0n) is 18.4. The van der Waals surface area contributed by atoms with E-state index in [1.807, 2.05) is 0 Å². The van der Waals surface area contributed by atoms with E-state index in [4.69, 9.17) is 0 Å². The van der Waals surface area contributed by atoms with Crippen molar-refractivity contribution in [3.63, 3.8) is 0 Å². The molecule has 0 radical (unpaired) electrons. The van der Waals surface area contributed by atoms with Crippen LogP contribution in [0.4, 0.5) is 11.4 Å². The third-order valence-corrected chi connectivity index (χ3v) is 8.09. The number of anilines is 2. The predicted molar refractivity (Wildman–Crippen MR) is 149 cm³/mol.